The minimum Gasteiger partial charge on any atom is -0.493 e. The van der Waals surface area contributed by atoms with E-state index in [1.165, 1.54) is 7.11 Å². The van der Waals surface area contributed by atoms with Crippen molar-refractivity contribution >= 4 is 11.9 Å². The van der Waals surface area contributed by atoms with Crippen molar-refractivity contribution in [1.29, 1.82) is 0 Å². The number of hydrogen-bond donors (Lipinski definition) is 0. The standard InChI is InChI=1S/C33H43N3O9/c1-21-14-15-26(43-31(37)23-10-7-6-8-11-23)30-27(44-33(3,4)45-30)13-9-12-24-18-25(40-17-16-35-36-34)19-28(41-20-39-5)29(24)32(38)42-22(21)2/h6-8,10-11,18-19,21-22,26-27,30H,9,12-17,20H2,1-5H3/t21-,22+,26?,27-,30-/m1/s1. The fraction of sp³-hybridized carbons (Fsp3) is 0.576. The second-order valence-corrected chi connectivity index (χ2v) is 11.8. The molecule has 2 aliphatic heterocycles. The lowest BCUT2D eigenvalue weighted by atomic mass is 9.92. The Morgan fingerprint density at radius 2 is 1.87 bits per heavy atom. The number of benzene rings is 2. The molecule has 1 fully saturated rings. The van der Waals surface area contributed by atoms with Gasteiger partial charge in [0.2, 0.25) is 0 Å². The Balaban J connectivity index is 1.66. The Labute approximate surface area is 263 Å². The summed E-state index contributed by atoms with van der Waals surface area (Å²) in [6, 6.07) is 12.3. The van der Waals surface area contributed by atoms with Gasteiger partial charge in [-0.25, -0.2) is 9.59 Å². The molecule has 0 aromatic heterocycles. The molecule has 0 spiro atoms. The SMILES string of the molecule is COCOc1cc(OCCN=[N+]=[N-])cc2c1C(=O)O[C@@H](C)[C@H](C)CCC(OC(=O)c1ccccc1)[C@H]1OC(C)(C)O[C@@H]1CCC2. The summed E-state index contributed by atoms with van der Waals surface area (Å²) in [5.74, 6) is -1.15. The molecule has 0 saturated carbocycles. The van der Waals surface area contributed by atoms with Gasteiger partial charge in [0.25, 0.3) is 0 Å². The van der Waals surface area contributed by atoms with Gasteiger partial charge in [-0.05, 0) is 88.1 Å². The summed E-state index contributed by atoms with van der Waals surface area (Å²) in [5.41, 5.74) is 10.0. The number of hydrogen-bond acceptors (Lipinski definition) is 10. The van der Waals surface area contributed by atoms with Gasteiger partial charge in [-0.2, -0.15) is 0 Å². The number of ether oxygens (including phenoxy) is 7. The van der Waals surface area contributed by atoms with Gasteiger partial charge in [0.15, 0.2) is 12.6 Å². The van der Waals surface area contributed by atoms with E-state index in [1.807, 2.05) is 33.8 Å². The zero-order valence-corrected chi connectivity index (χ0v) is 26.6. The minimum atomic E-state index is -0.870. The maximum atomic E-state index is 13.7. The highest BCUT2D eigenvalue weighted by atomic mass is 16.8. The summed E-state index contributed by atoms with van der Waals surface area (Å²) in [7, 11) is 1.49. The van der Waals surface area contributed by atoms with Gasteiger partial charge in [0.1, 0.15) is 35.4 Å². The number of fused-ring (bicyclic) bond motifs is 2. The quantitative estimate of drug-likeness (QED) is 0.0771. The van der Waals surface area contributed by atoms with Crippen LogP contribution < -0.4 is 9.47 Å². The molecule has 2 aromatic rings. The predicted molar refractivity (Wildman–Crippen MR) is 164 cm³/mol. The molecule has 0 aliphatic carbocycles. The molecule has 2 aliphatic rings. The fourth-order valence-corrected chi connectivity index (χ4v) is 5.61. The largest absolute Gasteiger partial charge is 0.493 e. The molecule has 4 rings (SSSR count). The van der Waals surface area contributed by atoms with Crippen molar-refractivity contribution in [2.75, 3.05) is 27.1 Å². The number of rotatable bonds is 9. The molecule has 45 heavy (non-hydrogen) atoms. The van der Waals surface area contributed by atoms with Crippen LogP contribution in [-0.4, -0.2) is 69.2 Å². The van der Waals surface area contributed by atoms with Crippen molar-refractivity contribution in [3.63, 3.8) is 0 Å². The molecule has 0 bridgehead atoms. The Morgan fingerprint density at radius 3 is 2.60 bits per heavy atom. The maximum Gasteiger partial charge on any atom is 0.342 e. The molecule has 2 aromatic carbocycles. The second-order valence-electron chi connectivity index (χ2n) is 11.8. The molecule has 5 atom stereocenters. The fourth-order valence-electron chi connectivity index (χ4n) is 5.61. The van der Waals surface area contributed by atoms with Crippen LogP contribution in [0.3, 0.4) is 0 Å². The monoisotopic (exact) mass is 625 g/mol. The summed E-state index contributed by atoms with van der Waals surface area (Å²) < 4.78 is 41.6. The number of esters is 2. The molecule has 0 N–H and O–H groups in total. The van der Waals surface area contributed by atoms with Gasteiger partial charge in [-0.15, -0.1) is 0 Å². The van der Waals surface area contributed by atoms with E-state index in [0.29, 0.717) is 54.5 Å². The highest BCUT2D eigenvalue weighted by Gasteiger charge is 2.46. The lowest BCUT2D eigenvalue weighted by molar-refractivity contribution is -0.156. The average molecular weight is 626 g/mol. The molecule has 244 valence electrons. The van der Waals surface area contributed by atoms with E-state index in [-0.39, 0.29) is 37.7 Å². The molecular weight excluding hydrogens is 582 g/mol. The number of azide groups is 1. The maximum absolute atomic E-state index is 13.7. The lowest BCUT2D eigenvalue weighted by Gasteiger charge is -2.29. The van der Waals surface area contributed by atoms with Crippen LogP contribution >= 0.6 is 0 Å². The van der Waals surface area contributed by atoms with E-state index >= 15 is 0 Å². The first-order valence-corrected chi connectivity index (χ1v) is 15.4. The van der Waals surface area contributed by atoms with Crippen molar-refractivity contribution in [3.8, 4) is 11.5 Å². The van der Waals surface area contributed by atoms with Gasteiger partial charge < -0.3 is 33.2 Å². The first-order valence-electron chi connectivity index (χ1n) is 15.4. The summed E-state index contributed by atoms with van der Waals surface area (Å²) in [6.07, 6.45) is 0.874. The van der Waals surface area contributed by atoms with Crippen molar-refractivity contribution in [1.82, 2.24) is 0 Å². The molecule has 12 nitrogen and oxygen atoms in total. The van der Waals surface area contributed by atoms with Gasteiger partial charge in [-0.3, -0.25) is 0 Å². The smallest absolute Gasteiger partial charge is 0.342 e. The Kier molecular flexibility index (Phi) is 12.1. The number of methoxy groups -OCH3 is 1. The number of carbonyl (C=O) groups excluding carboxylic acids is 2. The summed E-state index contributed by atoms with van der Waals surface area (Å²) in [4.78, 5) is 29.6. The minimum absolute atomic E-state index is 0.0707. The average Bonchev–Trinajstić information content (AvgIpc) is 3.33. The molecule has 1 saturated heterocycles. The van der Waals surface area contributed by atoms with E-state index in [2.05, 4.69) is 10.0 Å². The van der Waals surface area contributed by atoms with E-state index in [0.717, 1.165) is 0 Å². The third kappa shape index (κ3) is 9.34. The van der Waals surface area contributed by atoms with E-state index in [1.54, 1.807) is 36.4 Å². The normalized spacial score (nSPS) is 25.0. The number of nitrogens with zero attached hydrogens (tertiary/aromatic N) is 3. The first-order chi connectivity index (χ1) is 21.6. The van der Waals surface area contributed by atoms with Crippen LogP contribution in [0.25, 0.3) is 10.4 Å². The first kappa shape index (κ1) is 34.1. The number of aryl methyl sites for hydroxylation is 1. The molecule has 0 amide bonds. The molecule has 12 heteroatoms. The Morgan fingerprint density at radius 1 is 1.09 bits per heavy atom. The molecule has 0 radical (unpaired) electrons. The van der Waals surface area contributed by atoms with Crippen molar-refractivity contribution < 1.29 is 42.7 Å². The summed E-state index contributed by atoms with van der Waals surface area (Å²) >= 11 is 0. The zero-order valence-electron chi connectivity index (χ0n) is 26.6. The van der Waals surface area contributed by atoms with E-state index in [9.17, 15) is 9.59 Å². The number of carbonyl (C=O) groups is 2. The van der Waals surface area contributed by atoms with Crippen molar-refractivity contribution in [3.05, 3.63) is 69.6 Å². The van der Waals surface area contributed by atoms with Crippen LogP contribution in [0.15, 0.2) is 47.6 Å². The van der Waals surface area contributed by atoms with Gasteiger partial charge >= 0.3 is 11.9 Å². The van der Waals surface area contributed by atoms with Crippen LogP contribution in [0.1, 0.15) is 79.7 Å². The molecule has 2 heterocycles. The van der Waals surface area contributed by atoms with Crippen molar-refractivity contribution in [2.45, 2.75) is 90.0 Å². The summed E-state index contributed by atoms with van der Waals surface area (Å²) in [5, 5.41) is 3.52. The Bertz CT molecular complexity index is 1350. The molecular formula is C33H43N3O9. The second kappa shape index (κ2) is 15.9. The highest BCUT2D eigenvalue weighted by molar-refractivity contribution is 5.94. The number of cyclic esters (lactones) is 1. The van der Waals surface area contributed by atoms with Crippen LogP contribution in [0, 0.1) is 5.92 Å². The van der Waals surface area contributed by atoms with E-state index in [4.69, 9.17) is 38.7 Å². The van der Waals surface area contributed by atoms with Crippen LogP contribution in [0.4, 0.5) is 0 Å². The lowest BCUT2D eigenvalue weighted by Crippen LogP contribution is -2.39. The van der Waals surface area contributed by atoms with E-state index < -0.39 is 36.0 Å². The van der Waals surface area contributed by atoms with Gasteiger partial charge in [-0.1, -0.05) is 30.2 Å². The highest BCUT2D eigenvalue weighted by Crippen LogP contribution is 2.37. The molecule has 1 unspecified atom stereocenters. The van der Waals surface area contributed by atoms with Crippen LogP contribution in [0.5, 0.6) is 11.5 Å². The van der Waals surface area contributed by atoms with Gasteiger partial charge in [0.05, 0.1) is 24.8 Å². The van der Waals surface area contributed by atoms with Gasteiger partial charge in [0, 0.05) is 18.1 Å². The summed E-state index contributed by atoms with van der Waals surface area (Å²) in [6.45, 7) is 7.78. The van der Waals surface area contributed by atoms with Crippen LogP contribution in [0.2, 0.25) is 0 Å². The Hall–Kier alpha value is -3.83. The third-order valence-corrected chi connectivity index (χ3v) is 8.01. The van der Waals surface area contributed by atoms with Crippen molar-refractivity contribution in [2.24, 2.45) is 11.0 Å². The third-order valence-electron chi connectivity index (χ3n) is 8.01. The van der Waals surface area contributed by atoms with Crippen LogP contribution in [-0.2, 0) is 30.1 Å². The zero-order chi connectivity index (χ0) is 32.4. The predicted octanol–water partition coefficient (Wildman–Crippen LogP) is 6.40. The topological polar surface area (TPSA) is 148 Å².